The predicted octanol–water partition coefficient (Wildman–Crippen LogP) is 3.27. The SMILES string of the molecule is O=C(COC(=O)C12CC3CC(CC(Cl)(C3)C1)C2)NC(=O)NC1CCCCC1. The van der Waals surface area contributed by atoms with Gasteiger partial charge in [-0.05, 0) is 63.2 Å². The van der Waals surface area contributed by atoms with Crippen LogP contribution in [0.5, 0.6) is 0 Å². The maximum atomic E-state index is 12.8. The molecule has 0 radical (unpaired) electrons. The van der Waals surface area contributed by atoms with Crippen LogP contribution in [-0.4, -0.2) is 35.4 Å². The van der Waals surface area contributed by atoms with E-state index in [9.17, 15) is 14.4 Å². The number of hydrogen-bond acceptors (Lipinski definition) is 4. The third kappa shape index (κ3) is 4.10. The second-order valence-corrected chi connectivity index (χ2v) is 10.1. The fraction of sp³-hybridized carbons (Fsp3) is 0.850. The molecule has 5 saturated carbocycles. The molecule has 0 aromatic rings. The quantitative estimate of drug-likeness (QED) is 0.564. The maximum absolute atomic E-state index is 12.8. The lowest BCUT2D eigenvalue weighted by Crippen LogP contribution is -2.56. The summed E-state index contributed by atoms with van der Waals surface area (Å²) in [6.07, 6.45) is 10.7. The summed E-state index contributed by atoms with van der Waals surface area (Å²) in [5.74, 6) is 0.0873. The first-order valence-electron chi connectivity index (χ1n) is 10.3. The van der Waals surface area contributed by atoms with Crippen LogP contribution in [0.3, 0.4) is 0 Å². The Balaban J connectivity index is 1.25. The number of urea groups is 1. The van der Waals surface area contributed by atoms with Crippen LogP contribution in [0.25, 0.3) is 0 Å². The molecule has 0 spiro atoms. The van der Waals surface area contributed by atoms with Gasteiger partial charge in [0.05, 0.1) is 5.41 Å². The average Bonchev–Trinajstić information content (AvgIpc) is 2.58. The van der Waals surface area contributed by atoms with E-state index < -0.39 is 24.0 Å². The summed E-state index contributed by atoms with van der Waals surface area (Å²) in [6.45, 7) is -0.413. The molecule has 6 nitrogen and oxygen atoms in total. The molecule has 5 aliphatic carbocycles. The molecule has 5 fully saturated rings. The minimum absolute atomic E-state index is 0.126. The van der Waals surface area contributed by atoms with Crippen LogP contribution in [0.2, 0.25) is 0 Å². The molecule has 27 heavy (non-hydrogen) atoms. The summed E-state index contributed by atoms with van der Waals surface area (Å²) in [4.78, 5) is 36.5. The summed E-state index contributed by atoms with van der Waals surface area (Å²) in [5, 5.41) is 5.09. The molecule has 3 amide bonds. The Morgan fingerprint density at radius 1 is 1.00 bits per heavy atom. The minimum atomic E-state index is -0.582. The zero-order valence-corrected chi connectivity index (χ0v) is 16.5. The number of hydrogen-bond donors (Lipinski definition) is 2. The zero-order valence-electron chi connectivity index (χ0n) is 15.7. The molecule has 0 aliphatic heterocycles. The van der Waals surface area contributed by atoms with Gasteiger partial charge in [0.15, 0.2) is 6.61 Å². The Morgan fingerprint density at radius 3 is 2.30 bits per heavy atom. The molecule has 150 valence electrons. The average molecular weight is 397 g/mol. The van der Waals surface area contributed by atoms with E-state index in [0.29, 0.717) is 18.3 Å². The normalized spacial score (nSPS) is 37.7. The summed E-state index contributed by atoms with van der Waals surface area (Å²) < 4.78 is 5.33. The van der Waals surface area contributed by atoms with E-state index in [0.717, 1.165) is 57.8 Å². The smallest absolute Gasteiger partial charge is 0.321 e. The van der Waals surface area contributed by atoms with Crippen LogP contribution in [-0.2, 0) is 14.3 Å². The molecule has 0 aromatic carbocycles. The number of carbonyl (C=O) groups excluding carboxylic acids is 3. The number of alkyl halides is 1. The molecular formula is C20H29ClN2O4. The first-order chi connectivity index (χ1) is 12.9. The van der Waals surface area contributed by atoms with Crippen molar-refractivity contribution in [1.82, 2.24) is 10.6 Å². The maximum Gasteiger partial charge on any atom is 0.321 e. The van der Waals surface area contributed by atoms with Crippen LogP contribution in [0, 0.1) is 17.3 Å². The number of carbonyl (C=O) groups is 3. The second-order valence-electron chi connectivity index (χ2n) is 9.32. The van der Waals surface area contributed by atoms with Crippen LogP contribution >= 0.6 is 11.6 Å². The lowest BCUT2D eigenvalue weighted by atomic mass is 9.49. The number of esters is 1. The van der Waals surface area contributed by atoms with E-state index in [-0.39, 0.29) is 16.9 Å². The van der Waals surface area contributed by atoms with Crippen molar-refractivity contribution in [3.8, 4) is 0 Å². The molecule has 2 unspecified atom stereocenters. The summed E-state index contributed by atoms with van der Waals surface area (Å²) in [5.41, 5.74) is -0.531. The van der Waals surface area contributed by atoms with Gasteiger partial charge in [0.1, 0.15) is 0 Å². The lowest BCUT2D eigenvalue weighted by Gasteiger charge is -2.58. The molecule has 5 aliphatic rings. The van der Waals surface area contributed by atoms with Gasteiger partial charge in [0.2, 0.25) is 0 Å². The first-order valence-corrected chi connectivity index (χ1v) is 10.7. The monoisotopic (exact) mass is 396 g/mol. The van der Waals surface area contributed by atoms with Gasteiger partial charge in [-0.15, -0.1) is 11.6 Å². The molecule has 4 bridgehead atoms. The number of ether oxygens (including phenoxy) is 1. The Labute approximate surface area is 165 Å². The predicted molar refractivity (Wildman–Crippen MR) is 100 cm³/mol. The third-order valence-corrected chi connectivity index (χ3v) is 7.39. The summed E-state index contributed by atoms with van der Waals surface area (Å²) in [7, 11) is 0. The van der Waals surface area contributed by atoms with Crippen molar-refractivity contribution in [2.45, 2.75) is 81.5 Å². The number of rotatable bonds is 4. The topological polar surface area (TPSA) is 84.5 Å². The van der Waals surface area contributed by atoms with E-state index in [1.54, 1.807) is 0 Å². The summed E-state index contributed by atoms with van der Waals surface area (Å²) >= 11 is 6.75. The van der Waals surface area contributed by atoms with E-state index in [1.165, 1.54) is 6.42 Å². The van der Waals surface area contributed by atoms with Crippen molar-refractivity contribution < 1.29 is 19.1 Å². The van der Waals surface area contributed by atoms with Crippen molar-refractivity contribution in [1.29, 1.82) is 0 Å². The molecule has 0 aromatic heterocycles. The van der Waals surface area contributed by atoms with Gasteiger partial charge >= 0.3 is 12.0 Å². The number of amides is 3. The van der Waals surface area contributed by atoms with E-state index in [2.05, 4.69) is 10.6 Å². The molecule has 0 heterocycles. The van der Waals surface area contributed by atoms with Gasteiger partial charge in [-0.3, -0.25) is 14.9 Å². The van der Waals surface area contributed by atoms with Gasteiger partial charge in [0, 0.05) is 10.9 Å². The van der Waals surface area contributed by atoms with Gasteiger partial charge < -0.3 is 10.1 Å². The van der Waals surface area contributed by atoms with Crippen LogP contribution < -0.4 is 10.6 Å². The van der Waals surface area contributed by atoms with Crippen LogP contribution in [0.4, 0.5) is 4.79 Å². The molecule has 7 heteroatoms. The van der Waals surface area contributed by atoms with Crippen molar-refractivity contribution >= 4 is 29.5 Å². The fourth-order valence-electron chi connectivity index (χ4n) is 6.30. The number of imide groups is 1. The highest BCUT2D eigenvalue weighted by Crippen LogP contribution is 2.64. The van der Waals surface area contributed by atoms with E-state index >= 15 is 0 Å². The molecule has 0 saturated heterocycles. The van der Waals surface area contributed by atoms with Gasteiger partial charge in [-0.1, -0.05) is 19.3 Å². The molecular weight excluding hydrogens is 368 g/mol. The lowest BCUT2D eigenvalue weighted by molar-refractivity contribution is -0.171. The standard InChI is InChI=1S/C20H29ClN2O4/c21-20-9-13-6-14(10-20)8-19(7-13,12-20)17(25)27-11-16(24)23-18(26)22-15-4-2-1-3-5-15/h13-15H,1-12H2,(H2,22,23,24,26). The Kier molecular flexibility index (Phi) is 5.12. The van der Waals surface area contributed by atoms with Crippen molar-refractivity contribution in [3.05, 3.63) is 0 Å². The number of nitrogens with one attached hydrogen (secondary N) is 2. The Bertz CT molecular complexity index is 617. The van der Waals surface area contributed by atoms with E-state index in [4.69, 9.17) is 16.3 Å². The van der Waals surface area contributed by atoms with E-state index in [1.807, 2.05) is 0 Å². The second kappa shape index (κ2) is 7.26. The van der Waals surface area contributed by atoms with Gasteiger partial charge in [0.25, 0.3) is 5.91 Å². The fourth-order valence-corrected chi connectivity index (χ4v) is 7.00. The molecule has 5 rings (SSSR count). The van der Waals surface area contributed by atoms with Crippen molar-refractivity contribution in [2.24, 2.45) is 17.3 Å². The summed E-state index contributed by atoms with van der Waals surface area (Å²) in [6, 6.07) is -0.376. The zero-order chi connectivity index (χ0) is 19.1. The molecule has 2 N–H and O–H groups in total. The largest absolute Gasteiger partial charge is 0.455 e. The van der Waals surface area contributed by atoms with Crippen molar-refractivity contribution in [2.75, 3.05) is 6.61 Å². The highest BCUT2D eigenvalue weighted by Gasteiger charge is 2.60. The minimum Gasteiger partial charge on any atom is -0.455 e. The highest BCUT2D eigenvalue weighted by atomic mass is 35.5. The van der Waals surface area contributed by atoms with Crippen molar-refractivity contribution in [3.63, 3.8) is 0 Å². The third-order valence-electron chi connectivity index (χ3n) is 6.95. The van der Waals surface area contributed by atoms with Crippen LogP contribution in [0.1, 0.15) is 70.6 Å². The first kappa shape index (κ1) is 19.0. The highest BCUT2D eigenvalue weighted by molar-refractivity contribution is 6.24. The van der Waals surface area contributed by atoms with Gasteiger partial charge in [-0.25, -0.2) is 4.79 Å². The molecule has 2 atom stereocenters. The van der Waals surface area contributed by atoms with Gasteiger partial charge in [-0.2, -0.15) is 0 Å². The Morgan fingerprint density at radius 2 is 1.67 bits per heavy atom. The Hall–Kier alpha value is -1.30. The van der Waals surface area contributed by atoms with Crippen LogP contribution in [0.15, 0.2) is 0 Å². The number of halogens is 1.